The molecule has 0 aliphatic heterocycles. The number of nitrogens with zero attached hydrogens (tertiary/aromatic N) is 1. The summed E-state index contributed by atoms with van der Waals surface area (Å²) in [5.74, 6) is -0.636. The SMILES string of the molecule is CC(C(=O)O)N(C)C(=O)c1ccc(C2CCCCC2)cc1. The third-order valence-electron chi connectivity index (χ3n) is 4.49. The first-order valence-corrected chi connectivity index (χ1v) is 7.60. The number of amides is 1. The van der Waals surface area contributed by atoms with Crippen molar-refractivity contribution in [3.8, 4) is 0 Å². The monoisotopic (exact) mass is 289 g/mol. The van der Waals surface area contributed by atoms with E-state index in [4.69, 9.17) is 5.11 Å². The van der Waals surface area contributed by atoms with E-state index >= 15 is 0 Å². The summed E-state index contributed by atoms with van der Waals surface area (Å²) in [6.45, 7) is 1.51. The number of hydrogen-bond donors (Lipinski definition) is 1. The van der Waals surface area contributed by atoms with Crippen LogP contribution in [0, 0.1) is 0 Å². The Morgan fingerprint density at radius 3 is 2.24 bits per heavy atom. The van der Waals surface area contributed by atoms with Crippen LogP contribution in [0.25, 0.3) is 0 Å². The molecule has 1 unspecified atom stereocenters. The number of aliphatic carboxylic acids is 1. The number of carbonyl (C=O) groups excluding carboxylic acids is 1. The minimum atomic E-state index is -0.996. The molecule has 0 heterocycles. The topological polar surface area (TPSA) is 57.6 Å². The van der Waals surface area contributed by atoms with Gasteiger partial charge in [-0.05, 0) is 43.4 Å². The van der Waals surface area contributed by atoms with Crippen molar-refractivity contribution in [3.05, 3.63) is 35.4 Å². The second-order valence-electron chi connectivity index (χ2n) is 5.89. The summed E-state index contributed by atoms with van der Waals surface area (Å²) < 4.78 is 0. The molecule has 0 saturated heterocycles. The molecule has 1 fully saturated rings. The van der Waals surface area contributed by atoms with Gasteiger partial charge in [-0.3, -0.25) is 4.79 Å². The highest BCUT2D eigenvalue weighted by Crippen LogP contribution is 2.32. The van der Waals surface area contributed by atoms with Crippen LogP contribution in [0.4, 0.5) is 0 Å². The maximum atomic E-state index is 12.2. The average Bonchev–Trinajstić information content (AvgIpc) is 2.53. The Kier molecular flexibility index (Phi) is 4.99. The smallest absolute Gasteiger partial charge is 0.326 e. The molecule has 0 bridgehead atoms. The molecule has 1 N–H and O–H groups in total. The predicted octanol–water partition coefficient (Wildman–Crippen LogP) is 3.28. The van der Waals surface area contributed by atoms with Gasteiger partial charge < -0.3 is 10.0 Å². The lowest BCUT2D eigenvalue weighted by molar-refractivity contribution is -0.141. The van der Waals surface area contributed by atoms with Crippen LogP contribution >= 0.6 is 0 Å². The van der Waals surface area contributed by atoms with E-state index in [0.717, 1.165) is 0 Å². The highest BCUT2D eigenvalue weighted by atomic mass is 16.4. The van der Waals surface area contributed by atoms with E-state index in [-0.39, 0.29) is 5.91 Å². The maximum Gasteiger partial charge on any atom is 0.326 e. The second kappa shape index (κ2) is 6.74. The zero-order valence-electron chi connectivity index (χ0n) is 12.7. The van der Waals surface area contributed by atoms with Gasteiger partial charge in [0.1, 0.15) is 6.04 Å². The molecule has 0 radical (unpaired) electrons. The van der Waals surface area contributed by atoms with Gasteiger partial charge in [0.05, 0.1) is 0 Å². The van der Waals surface area contributed by atoms with Crippen molar-refractivity contribution in [2.75, 3.05) is 7.05 Å². The van der Waals surface area contributed by atoms with Crippen LogP contribution < -0.4 is 0 Å². The lowest BCUT2D eigenvalue weighted by Crippen LogP contribution is -2.40. The summed E-state index contributed by atoms with van der Waals surface area (Å²) in [6, 6.07) is 6.84. The van der Waals surface area contributed by atoms with E-state index in [2.05, 4.69) is 0 Å². The van der Waals surface area contributed by atoms with Crippen LogP contribution in [0.1, 0.15) is 60.9 Å². The van der Waals surface area contributed by atoms with Gasteiger partial charge in [0.2, 0.25) is 0 Å². The number of likely N-dealkylation sites (N-methyl/N-ethyl adjacent to an activating group) is 1. The first kappa shape index (κ1) is 15.5. The van der Waals surface area contributed by atoms with E-state index in [1.807, 2.05) is 24.3 Å². The van der Waals surface area contributed by atoms with Crippen molar-refractivity contribution in [3.63, 3.8) is 0 Å². The van der Waals surface area contributed by atoms with Crippen LogP contribution in [0.2, 0.25) is 0 Å². The quantitative estimate of drug-likeness (QED) is 0.925. The van der Waals surface area contributed by atoms with Gasteiger partial charge in [-0.1, -0.05) is 31.4 Å². The minimum absolute atomic E-state index is 0.250. The van der Waals surface area contributed by atoms with Crippen molar-refractivity contribution >= 4 is 11.9 Å². The summed E-state index contributed by atoms with van der Waals surface area (Å²) in [4.78, 5) is 24.4. The standard InChI is InChI=1S/C17H23NO3/c1-12(17(20)21)18(2)16(19)15-10-8-14(9-11-15)13-6-4-3-5-7-13/h8-13H,3-7H2,1-2H3,(H,20,21). The van der Waals surface area contributed by atoms with Crippen LogP contribution in [0.5, 0.6) is 0 Å². The number of carboxylic acid groups (broad SMARTS) is 1. The highest BCUT2D eigenvalue weighted by molar-refractivity contribution is 5.96. The van der Waals surface area contributed by atoms with Gasteiger partial charge in [0, 0.05) is 12.6 Å². The Bertz CT molecular complexity index is 503. The van der Waals surface area contributed by atoms with Crippen LogP contribution in [-0.4, -0.2) is 35.0 Å². The molecule has 1 aliphatic carbocycles. The number of hydrogen-bond acceptors (Lipinski definition) is 2. The zero-order chi connectivity index (χ0) is 15.4. The fourth-order valence-corrected chi connectivity index (χ4v) is 2.88. The summed E-state index contributed by atoms with van der Waals surface area (Å²) in [6.07, 6.45) is 6.34. The molecule has 21 heavy (non-hydrogen) atoms. The summed E-state index contributed by atoms with van der Waals surface area (Å²) >= 11 is 0. The van der Waals surface area contributed by atoms with Crippen molar-refractivity contribution in [1.29, 1.82) is 0 Å². The van der Waals surface area contributed by atoms with Crippen LogP contribution in [-0.2, 0) is 4.79 Å². The molecule has 1 saturated carbocycles. The molecule has 114 valence electrons. The third kappa shape index (κ3) is 3.63. The number of carboxylic acids is 1. The Labute approximate surface area is 125 Å². The average molecular weight is 289 g/mol. The van der Waals surface area contributed by atoms with E-state index in [0.29, 0.717) is 11.5 Å². The Balaban J connectivity index is 2.07. The van der Waals surface area contributed by atoms with Crippen molar-refractivity contribution in [1.82, 2.24) is 4.90 Å². The maximum absolute atomic E-state index is 12.2. The molecule has 1 aromatic rings. The highest BCUT2D eigenvalue weighted by Gasteiger charge is 2.23. The number of rotatable bonds is 4. The van der Waals surface area contributed by atoms with Gasteiger partial charge in [0.25, 0.3) is 5.91 Å². The van der Waals surface area contributed by atoms with Gasteiger partial charge >= 0.3 is 5.97 Å². The first-order valence-electron chi connectivity index (χ1n) is 7.60. The van der Waals surface area contributed by atoms with Crippen LogP contribution in [0.3, 0.4) is 0 Å². The number of carbonyl (C=O) groups is 2. The minimum Gasteiger partial charge on any atom is -0.480 e. The lowest BCUT2D eigenvalue weighted by Gasteiger charge is -2.23. The van der Waals surface area contributed by atoms with Crippen LogP contribution in [0.15, 0.2) is 24.3 Å². The summed E-state index contributed by atoms with van der Waals surface area (Å²) in [7, 11) is 1.52. The fourth-order valence-electron chi connectivity index (χ4n) is 2.88. The molecule has 1 atom stereocenters. The van der Waals surface area contributed by atoms with Gasteiger partial charge in [0.15, 0.2) is 0 Å². The molecule has 2 rings (SSSR count). The van der Waals surface area contributed by atoms with Gasteiger partial charge in [-0.25, -0.2) is 4.79 Å². The second-order valence-corrected chi connectivity index (χ2v) is 5.89. The van der Waals surface area contributed by atoms with E-state index in [1.165, 1.54) is 56.5 Å². The fraction of sp³-hybridized carbons (Fsp3) is 0.529. The van der Waals surface area contributed by atoms with E-state index in [1.54, 1.807) is 0 Å². The first-order chi connectivity index (χ1) is 10.0. The van der Waals surface area contributed by atoms with Crippen molar-refractivity contribution < 1.29 is 14.7 Å². The van der Waals surface area contributed by atoms with Gasteiger partial charge in [-0.15, -0.1) is 0 Å². The largest absolute Gasteiger partial charge is 0.480 e. The summed E-state index contributed by atoms with van der Waals surface area (Å²) in [5.41, 5.74) is 1.84. The van der Waals surface area contributed by atoms with Crippen molar-refractivity contribution in [2.24, 2.45) is 0 Å². The zero-order valence-corrected chi connectivity index (χ0v) is 12.7. The Morgan fingerprint density at radius 2 is 1.71 bits per heavy atom. The molecule has 4 heteroatoms. The molecule has 0 spiro atoms. The van der Waals surface area contributed by atoms with Gasteiger partial charge in [-0.2, -0.15) is 0 Å². The molecule has 1 aliphatic rings. The molecule has 1 aromatic carbocycles. The Morgan fingerprint density at radius 1 is 1.14 bits per heavy atom. The molecule has 4 nitrogen and oxygen atoms in total. The van der Waals surface area contributed by atoms with Crippen molar-refractivity contribution in [2.45, 2.75) is 51.0 Å². The molecule has 1 amide bonds. The van der Waals surface area contributed by atoms with E-state index < -0.39 is 12.0 Å². The normalized spacial score (nSPS) is 17.2. The third-order valence-corrected chi connectivity index (χ3v) is 4.49. The Hall–Kier alpha value is -1.84. The lowest BCUT2D eigenvalue weighted by atomic mass is 9.84. The predicted molar refractivity (Wildman–Crippen MR) is 81.5 cm³/mol. The molecule has 0 aromatic heterocycles. The summed E-state index contributed by atoms with van der Waals surface area (Å²) in [5, 5.41) is 8.97. The number of benzene rings is 1. The van der Waals surface area contributed by atoms with E-state index in [9.17, 15) is 9.59 Å². The molecular formula is C17H23NO3. The molecular weight excluding hydrogens is 266 g/mol.